The molecule has 3 nitrogen and oxygen atoms in total. The van der Waals surface area contributed by atoms with Crippen molar-refractivity contribution in [1.29, 1.82) is 0 Å². The quantitative estimate of drug-likeness (QED) is 0.808. The molecule has 2 aliphatic rings. The summed E-state index contributed by atoms with van der Waals surface area (Å²) in [5.74, 6) is 0.472. The lowest BCUT2D eigenvalue weighted by molar-refractivity contribution is 0.315. The van der Waals surface area contributed by atoms with E-state index in [9.17, 15) is 8.42 Å². The van der Waals surface area contributed by atoms with Crippen LogP contribution in [0.3, 0.4) is 0 Å². The minimum Gasteiger partial charge on any atom is -0.212 e. The van der Waals surface area contributed by atoms with Crippen molar-refractivity contribution in [3.05, 3.63) is 0 Å². The third-order valence-electron chi connectivity index (χ3n) is 4.16. The average molecular weight is 324 g/mol. The molecule has 100 valence electrons. The van der Waals surface area contributed by atoms with E-state index in [1.807, 2.05) is 0 Å². The van der Waals surface area contributed by atoms with E-state index in [1.165, 1.54) is 6.42 Å². The van der Waals surface area contributed by atoms with Gasteiger partial charge in [-0.25, -0.2) is 13.1 Å². The van der Waals surface area contributed by atoms with Gasteiger partial charge in [-0.15, -0.1) is 0 Å². The number of sulfonamides is 1. The van der Waals surface area contributed by atoms with Crippen molar-refractivity contribution in [3.8, 4) is 0 Å². The predicted octanol–water partition coefficient (Wildman–Crippen LogP) is 2.80. The molecule has 2 saturated carbocycles. The van der Waals surface area contributed by atoms with Gasteiger partial charge in [-0.3, -0.25) is 0 Å². The Balaban J connectivity index is 1.98. The van der Waals surface area contributed by atoms with Gasteiger partial charge in [0.2, 0.25) is 10.0 Å². The number of hydrogen-bond donors (Lipinski definition) is 1. The molecule has 2 unspecified atom stereocenters. The zero-order chi connectivity index (χ0) is 12.3. The van der Waals surface area contributed by atoms with E-state index in [1.54, 1.807) is 0 Å². The molecule has 0 aromatic carbocycles. The molecule has 0 bridgehead atoms. The Morgan fingerprint density at radius 2 is 1.59 bits per heavy atom. The van der Waals surface area contributed by atoms with E-state index in [-0.39, 0.29) is 11.3 Å². The minimum absolute atomic E-state index is 0.125. The molecular weight excluding hydrogens is 302 g/mol. The normalized spacial score (nSPS) is 31.8. The van der Waals surface area contributed by atoms with Gasteiger partial charge in [0.1, 0.15) is 0 Å². The largest absolute Gasteiger partial charge is 0.214 e. The third-order valence-corrected chi connectivity index (χ3v) is 6.98. The maximum absolute atomic E-state index is 12.2. The van der Waals surface area contributed by atoms with Crippen molar-refractivity contribution in [2.75, 3.05) is 5.33 Å². The fourth-order valence-corrected chi connectivity index (χ4v) is 5.71. The highest BCUT2D eigenvalue weighted by atomic mass is 79.9. The lowest BCUT2D eigenvalue weighted by Gasteiger charge is -2.31. The average Bonchev–Trinajstić information content (AvgIpc) is 2.83. The first kappa shape index (κ1) is 13.8. The van der Waals surface area contributed by atoms with Gasteiger partial charge >= 0.3 is 0 Å². The van der Waals surface area contributed by atoms with Crippen LogP contribution >= 0.6 is 15.9 Å². The highest BCUT2D eigenvalue weighted by Crippen LogP contribution is 2.29. The molecule has 0 aliphatic heterocycles. The Hall–Kier alpha value is 0.390. The van der Waals surface area contributed by atoms with Crippen molar-refractivity contribution < 1.29 is 8.42 Å². The van der Waals surface area contributed by atoms with Crippen LogP contribution in [0.5, 0.6) is 0 Å². The first-order valence-corrected chi connectivity index (χ1v) is 9.37. The molecule has 0 amide bonds. The van der Waals surface area contributed by atoms with Gasteiger partial charge in [-0.05, 0) is 31.6 Å². The van der Waals surface area contributed by atoms with Crippen LogP contribution in [-0.2, 0) is 10.0 Å². The van der Waals surface area contributed by atoms with E-state index >= 15 is 0 Å². The molecule has 2 fully saturated rings. The van der Waals surface area contributed by atoms with Gasteiger partial charge in [-0.1, -0.05) is 41.6 Å². The Labute approximate surface area is 113 Å². The molecule has 1 N–H and O–H groups in total. The summed E-state index contributed by atoms with van der Waals surface area (Å²) in [4.78, 5) is 0. The second kappa shape index (κ2) is 6.02. The first-order chi connectivity index (χ1) is 8.13. The molecule has 2 atom stereocenters. The summed E-state index contributed by atoms with van der Waals surface area (Å²) in [5.41, 5.74) is 0. The van der Waals surface area contributed by atoms with Crippen molar-refractivity contribution in [3.63, 3.8) is 0 Å². The highest BCUT2D eigenvalue weighted by molar-refractivity contribution is 9.09. The Bertz CT molecular complexity index is 338. The summed E-state index contributed by atoms with van der Waals surface area (Å²) in [6.45, 7) is 0. The molecule has 5 heteroatoms. The molecular formula is C12H22BrNO2S. The molecule has 2 rings (SSSR count). The van der Waals surface area contributed by atoms with Crippen LogP contribution in [0.4, 0.5) is 0 Å². The number of alkyl halides is 1. The van der Waals surface area contributed by atoms with Crippen LogP contribution in [-0.4, -0.2) is 25.0 Å². The van der Waals surface area contributed by atoms with E-state index in [4.69, 9.17) is 0 Å². The lowest BCUT2D eigenvalue weighted by Crippen LogP contribution is -2.45. The molecule has 0 spiro atoms. The topological polar surface area (TPSA) is 46.2 Å². The summed E-state index contributed by atoms with van der Waals surface area (Å²) >= 11 is 3.51. The van der Waals surface area contributed by atoms with Gasteiger partial charge < -0.3 is 0 Å². The van der Waals surface area contributed by atoms with Crippen molar-refractivity contribution in [1.82, 2.24) is 4.72 Å². The zero-order valence-corrected chi connectivity index (χ0v) is 12.6. The summed E-state index contributed by atoms with van der Waals surface area (Å²) < 4.78 is 27.5. The fourth-order valence-electron chi connectivity index (χ4n) is 3.05. The predicted molar refractivity (Wildman–Crippen MR) is 73.9 cm³/mol. The van der Waals surface area contributed by atoms with E-state index < -0.39 is 10.0 Å². The van der Waals surface area contributed by atoms with Gasteiger partial charge in [0.05, 0.1) is 5.25 Å². The second-order valence-corrected chi connectivity index (χ2v) is 8.01. The van der Waals surface area contributed by atoms with Gasteiger partial charge in [0.15, 0.2) is 0 Å². The van der Waals surface area contributed by atoms with Crippen LogP contribution in [0.1, 0.15) is 51.4 Å². The Morgan fingerprint density at radius 1 is 1.00 bits per heavy atom. The fraction of sp³-hybridized carbons (Fsp3) is 1.00. The van der Waals surface area contributed by atoms with Crippen LogP contribution in [0.2, 0.25) is 0 Å². The monoisotopic (exact) mass is 323 g/mol. The van der Waals surface area contributed by atoms with Crippen LogP contribution in [0.15, 0.2) is 0 Å². The number of halogens is 1. The van der Waals surface area contributed by atoms with Gasteiger partial charge in [0, 0.05) is 11.4 Å². The maximum atomic E-state index is 12.2. The summed E-state index contributed by atoms with van der Waals surface area (Å²) in [5, 5.41) is 0.783. The molecule has 2 aliphatic carbocycles. The molecule has 0 aromatic heterocycles. The summed E-state index contributed by atoms with van der Waals surface area (Å²) in [7, 11) is -3.07. The molecule has 0 saturated heterocycles. The molecule has 17 heavy (non-hydrogen) atoms. The number of hydrogen-bond acceptors (Lipinski definition) is 2. The SMILES string of the molecule is O=S(=O)(NC1CCCCC1CBr)C1CCCC1. The smallest absolute Gasteiger partial charge is 0.212 e. The standard InChI is InChI=1S/C12H22BrNO2S/c13-9-10-5-1-4-8-12(10)14-17(15,16)11-6-2-3-7-11/h10-12,14H,1-9H2. The summed E-state index contributed by atoms with van der Waals surface area (Å²) in [6, 6.07) is 0.161. The Morgan fingerprint density at radius 3 is 2.24 bits per heavy atom. The van der Waals surface area contributed by atoms with Crippen LogP contribution in [0, 0.1) is 5.92 Å². The minimum atomic E-state index is -3.07. The van der Waals surface area contributed by atoms with E-state index in [2.05, 4.69) is 20.7 Å². The van der Waals surface area contributed by atoms with Gasteiger partial charge in [-0.2, -0.15) is 0 Å². The summed E-state index contributed by atoms with van der Waals surface area (Å²) in [6.07, 6.45) is 8.36. The molecule has 0 heterocycles. The second-order valence-electron chi connectivity index (χ2n) is 5.37. The van der Waals surface area contributed by atoms with Crippen LogP contribution < -0.4 is 4.72 Å². The number of nitrogens with one attached hydrogen (secondary N) is 1. The van der Waals surface area contributed by atoms with Gasteiger partial charge in [0.25, 0.3) is 0 Å². The molecule has 0 aromatic rings. The van der Waals surface area contributed by atoms with Crippen molar-refractivity contribution in [2.45, 2.75) is 62.7 Å². The van der Waals surface area contributed by atoms with E-state index in [0.717, 1.165) is 50.3 Å². The third kappa shape index (κ3) is 3.44. The van der Waals surface area contributed by atoms with Crippen molar-refractivity contribution >= 4 is 26.0 Å². The number of rotatable bonds is 4. The van der Waals surface area contributed by atoms with E-state index in [0.29, 0.717) is 5.92 Å². The highest BCUT2D eigenvalue weighted by Gasteiger charge is 2.33. The van der Waals surface area contributed by atoms with Crippen molar-refractivity contribution in [2.24, 2.45) is 5.92 Å². The van der Waals surface area contributed by atoms with Crippen LogP contribution in [0.25, 0.3) is 0 Å². The first-order valence-electron chi connectivity index (χ1n) is 6.70. The Kier molecular flexibility index (Phi) is 4.89. The zero-order valence-electron chi connectivity index (χ0n) is 10.2. The molecule has 0 radical (unpaired) electrons. The lowest BCUT2D eigenvalue weighted by atomic mass is 9.87. The maximum Gasteiger partial charge on any atom is 0.214 e.